The third-order valence-corrected chi connectivity index (χ3v) is 7.30. The molecule has 0 bridgehead atoms. The SMILES string of the molecule is Cc1ccccc1NC(=O)CSc1nnc(-c2csc3c2CCC(C)C3)n1C. The summed E-state index contributed by atoms with van der Waals surface area (Å²) in [5, 5.41) is 14.7. The Labute approximate surface area is 173 Å². The van der Waals surface area contributed by atoms with Crippen LogP contribution in [-0.4, -0.2) is 26.4 Å². The van der Waals surface area contributed by atoms with Crippen LogP contribution >= 0.6 is 23.1 Å². The van der Waals surface area contributed by atoms with E-state index in [-0.39, 0.29) is 5.91 Å². The number of hydrogen-bond acceptors (Lipinski definition) is 5. The molecule has 3 aromatic rings. The van der Waals surface area contributed by atoms with Crippen molar-refractivity contribution in [2.45, 2.75) is 38.3 Å². The number of hydrogen-bond donors (Lipinski definition) is 1. The van der Waals surface area contributed by atoms with Crippen molar-refractivity contribution in [2.24, 2.45) is 13.0 Å². The van der Waals surface area contributed by atoms with Gasteiger partial charge >= 0.3 is 0 Å². The van der Waals surface area contributed by atoms with Gasteiger partial charge in [0.25, 0.3) is 0 Å². The van der Waals surface area contributed by atoms with Crippen LogP contribution in [0, 0.1) is 12.8 Å². The van der Waals surface area contributed by atoms with E-state index in [9.17, 15) is 4.79 Å². The lowest BCUT2D eigenvalue weighted by molar-refractivity contribution is -0.113. The van der Waals surface area contributed by atoms with E-state index < -0.39 is 0 Å². The Hall–Kier alpha value is -2.12. The second kappa shape index (κ2) is 8.09. The van der Waals surface area contributed by atoms with Crippen LogP contribution in [0.1, 0.15) is 29.3 Å². The zero-order valence-electron chi connectivity index (χ0n) is 16.4. The van der Waals surface area contributed by atoms with E-state index in [4.69, 9.17) is 0 Å². The van der Waals surface area contributed by atoms with E-state index in [2.05, 4.69) is 27.8 Å². The Morgan fingerprint density at radius 1 is 1.36 bits per heavy atom. The maximum absolute atomic E-state index is 12.3. The first-order valence-corrected chi connectivity index (χ1v) is 11.4. The summed E-state index contributed by atoms with van der Waals surface area (Å²) < 4.78 is 2.01. The number of thioether (sulfide) groups is 1. The van der Waals surface area contributed by atoms with Crippen molar-refractivity contribution < 1.29 is 4.79 Å². The number of aromatic nitrogens is 3. The summed E-state index contributed by atoms with van der Waals surface area (Å²) in [5.74, 6) is 1.93. The van der Waals surface area contributed by atoms with Crippen LogP contribution < -0.4 is 5.32 Å². The fourth-order valence-electron chi connectivity index (χ4n) is 3.57. The predicted molar refractivity (Wildman–Crippen MR) is 116 cm³/mol. The number of thiophene rings is 1. The van der Waals surface area contributed by atoms with Crippen molar-refractivity contribution in [1.29, 1.82) is 0 Å². The summed E-state index contributed by atoms with van der Waals surface area (Å²) in [6.45, 7) is 4.31. The molecule has 0 saturated carbocycles. The minimum Gasteiger partial charge on any atom is -0.325 e. The molecule has 2 aromatic heterocycles. The van der Waals surface area contributed by atoms with Crippen molar-refractivity contribution in [1.82, 2.24) is 14.8 Å². The molecule has 4 rings (SSSR count). The molecular formula is C21H24N4OS2. The van der Waals surface area contributed by atoms with Crippen LogP contribution in [0.2, 0.25) is 0 Å². The monoisotopic (exact) mass is 412 g/mol. The number of benzene rings is 1. The summed E-state index contributed by atoms with van der Waals surface area (Å²) in [6, 6.07) is 7.79. The molecule has 1 amide bonds. The molecule has 0 radical (unpaired) electrons. The van der Waals surface area contributed by atoms with Crippen LogP contribution in [0.25, 0.3) is 11.4 Å². The molecule has 0 aliphatic heterocycles. The number of rotatable bonds is 5. The van der Waals surface area contributed by atoms with Crippen molar-refractivity contribution >= 4 is 34.7 Å². The van der Waals surface area contributed by atoms with E-state index in [0.29, 0.717) is 5.75 Å². The summed E-state index contributed by atoms with van der Waals surface area (Å²) in [7, 11) is 1.98. The van der Waals surface area contributed by atoms with Crippen LogP contribution in [0.3, 0.4) is 0 Å². The fourth-order valence-corrected chi connectivity index (χ4v) is 5.52. The summed E-state index contributed by atoms with van der Waals surface area (Å²) in [5.41, 5.74) is 4.55. The van der Waals surface area contributed by atoms with Crippen LogP contribution in [0.5, 0.6) is 0 Å². The Balaban J connectivity index is 1.45. The molecule has 2 heterocycles. The standard InChI is InChI=1S/C21H24N4OS2/c1-13-8-9-15-16(11-27-18(15)10-13)20-23-24-21(25(20)3)28-12-19(26)22-17-7-5-4-6-14(17)2/h4-7,11,13H,8-10,12H2,1-3H3,(H,22,26). The maximum atomic E-state index is 12.3. The normalized spacial score (nSPS) is 16.0. The number of nitrogens with zero attached hydrogens (tertiary/aromatic N) is 3. The van der Waals surface area contributed by atoms with Crippen LogP contribution in [0.15, 0.2) is 34.8 Å². The number of carbonyl (C=O) groups excluding carboxylic acids is 1. The van der Waals surface area contributed by atoms with E-state index in [0.717, 1.165) is 34.6 Å². The number of aryl methyl sites for hydroxylation is 1. The highest BCUT2D eigenvalue weighted by atomic mass is 32.2. The van der Waals surface area contributed by atoms with Gasteiger partial charge < -0.3 is 9.88 Å². The third kappa shape index (κ3) is 3.86. The summed E-state index contributed by atoms with van der Waals surface area (Å²) in [4.78, 5) is 13.8. The first kappa shape index (κ1) is 19.2. The molecule has 0 spiro atoms. The molecule has 1 aliphatic carbocycles. The molecule has 1 atom stereocenters. The smallest absolute Gasteiger partial charge is 0.234 e. The predicted octanol–water partition coefficient (Wildman–Crippen LogP) is 4.71. The lowest BCUT2D eigenvalue weighted by Crippen LogP contribution is -2.15. The molecule has 7 heteroatoms. The molecule has 0 fully saturated rings. The van der Waals surface area contributed by atoms with Gasteiger partial charge in [-0.05, 0) is 49.3 Å². The van der Waals surface area contributed by atoms with Gasteiger partial charge in [-0.3, -0.25) is 4.79 Å². The number of anilines is 1. The molecule has 1 N–H and O–H groups in total. The average Bonchev–Trinajstić information content (AvgIpc) is 3.24. The number of para-hydroxylation sites is 1. The topological polar surface area (TPSA) is 59.8 Å². The number of amides is 1. The lowest BCUT2D eigenvalue weighted by Gasteiger charge is -2.18. The van der Waals surface area contributed by atoms with E-state index >= 15 is 0 Å². The molecule has 5 nitrogen and oxygen atoms in total. The molecule has 1 aromatic carbocycles. The van der Waals surface area contributed by atoms with E-state index in [1.807, 2.05) is 54.1 Å². The second-order valence-corrected chi connectivity index (χ2v) is 9.32. The van der Waals surface area contributed by atoms with Crippen molar-refractivity contribution in [3.8, 4) is 11.4 Å². The molecule has 1 aliphatic rings. The van der Waals surface area contributed by atoms with Gasteiger partial charge in [-0.2, -0.15) is 0 Å². The van der Waals surface area contributed by atoms with Crippen molar-refractivity contribution in [2.75, 3.05) is 11.1 Å². The highest BCUT2D eigenvalue weighted by Gasteiger charge is 2.23. The summed E-state index contributed by atoms with van der Waals surface area (Å²) >= 11 is 3.25. The molecule has 28 heavy (non-hydrogen) atoms. The van der Waals surface area contributed by atoms with Gasteiger partial charge in [-0.25, -0.2) is 0 Å². The molecule has 146 valence electrons. The number of nitrogens with one attached hydrogen (secondary N) is 1. The van der Waals surface area contributed by atoms with Gasteiger partial charge in [0.05, 0.1) is 5.75 Å². The van der Waals surface area contributed by atoms with Crippen LogP contribution in [0.4, 0.5) is 5.69 Å². The van der Waals surface area contributed by atoms with E-state index in [1.165, 1.54) is 40.6 Å². The Kier molecular flexibility index (Phi) is 5.55. The van der Waals surface area contributed by atoms with Crippen molar-refractivity contribution in [3.63, 3.8) is 0 Å². The lowest BCUT2D eigenvalue weighted by atomic mass is 9.88. The van der Waals surface area contributed by atoms with Gasteiger partial charge in [-0.15, -0.1) is 21.5 Å². The Bertz CT molecular complexity index is 1010. The zero-order chi connectivity index (χ0) is 19.7. The van der Waals surface area contributed by atoms with Gasteiger partial charge in [0.2, 0.25) is 5.91 Å². The number of fused-ring (bicyclic) bond motifs is 1. The molecular weight excluding hydrogens is 388 g/mol. The minimum atomic E-state index is -0.0363. The number of carbonyl (C=O) groups is 1. The Morgan fingerprint density at radius 2 is 2.18 bits per heavy atom. The quantitative estimate of drug-likeness (QED) is 0.617. The van der Waals surface area contributed by atoms with Crippen molar-refractivity contribution in [3.05, 3.63) is 45.6 Å². The minimum absolute atomic E-state index is 0.0363. The summed E-state index contributed by atoms with van der Waals surface area (Å²) in [6.07, 6.45) is 3.51. The molecule has 1 unspecified atom stereocenters. The largest absolute Gasteiger partial charge is 0.325 e. The maximum Gasteiger partial charge on any atom is 0.234 e. The first-order chi connectivity index (χ1) is 13.5. The van der Waals surface area contributed by atoms with E-state index in [1.54, 1.807) is 0 Å². The first-order valence-electron chi connectivity index (χ1n) is 9.50. The van der Waals surface area contributed by atoms with Gasteiger partial charge in [-0.1, -0.05) is 36.9 Å². The van der Waals surface area contributed by atoms with Gasteiger partial charge in [0, 0.05) is 28.6 Å². The van der Waals surface area contributed by atoms with Gasteiger partial charge in [0.15, 0.2) is 11.0 Å². The highest BCUT2D eigenvalue weighted by molar-refractivity contribution is 7.99. The highest BCUT2D eigenvalue weighted by Crippen LogP contribution is 2.38. The Morgan fingerprint density at radius 3 is 3.00 bits per heavy atom. The third-order valence-electron chi connectivity index (χ3n) is 5.23. The molecule has 0 saturated heterocycles. The van der Waals surface area contributed by atoms with Crippen LogP contribution in [-0.2, 0) is 24.7 Å². The van der Waals surface area contributed by atoms with Gasteiger partial charge in [0.1, 0.15) is 0 Å². The average molecular weight is 413 g/mol. The second-order valence-electron chi connectivity index (χ2n) is 7.42. The zero-order valence-corrected chi connectivity index (χ0v) is 18.0. The fraction of sp³-hybridized carbons (Fsp3) is 0.381.